The molecule has 1 aromatic heterocycles. The van der Waals surface area contributed by atoms with Gasteiger partial charge < -0.3 is 23.7 Å². The predicted octanol–water partition coefficient (Wildman–Crippen LogP) is 6.20. The third-order valence-electron chi connectivity index (χ3n) is 6.34. The fourth-order valence-electron chi connectivity index (χ4n) is 4.59. The standard InChI is InChI=1S/C29H37N3O4/c1-7-8-25(30-18-21-9-11-24(34-5)17-27(21)35-6)20-10-12-26-22(15-20)16-23-19-31(13-14-32(23)26)28(33)36-29(2,3)4/h9-12,15-17H,7-8,13-14,18-19H2,1-6H3. The number of methoxy groups -OCH3 is 2. The number of carbonyl (C=O) groups excluding carboxylic acids is 1. The molecule has 1 aliphatic heterocycles. The van der Waals surface area contributed by atoms with E-state index < -0.39 is 5.60 Å². The van der Waals surface area contributed by atoms with Crippen LogP contribution < -0.4 is 9.47 Å². The fourth-order valence-corrected chi connectivity index (χ4v) is 4.59. The van der Waals surface area contributed by atoms with Gasteiger partial charge in [0.15, 0.2) is 0 Å². The normalized spacial score (nSPS) is 14.1. The van der Waals surface area contributed by atoms with Gasteiger partial charge in [-0.2, -0.15) is 0 Å². The number of hydrogen-bond acceptors (Lipinski definition) is 5. The van der Waals surface area contributed by atoms with Gasteiger partial charge in [0.1, 0.15) is 17.1 Å². The molecule has 1 amide bonds. The van der Waals surface area contributed by atoms with E-state index in [1.807, 2.05) is 39.0 Å². The maximum atomic E-state index is 12.6. The molecule has 0 bridgehead atoms. The summed E-state index contributed by atoms with van der Waals surface area (Å²) in [6.45, 7) is 10.3. The smallest absolute Gasteiger partial charge is 0.410 e. The molecule has 0 unspecified atom stereocenters. The molecule has 0 atom stereocenters. The summed E-state index contributed by atoms with van der Waals surface area (Å²) >= 11 is 0. The number of fused-ring (bicyclic) bond motifs is 3. The largest absolute Gasteiger partial charge is 0.497 e. The first kappa shape index (κ1) is 25.6. The van der Waals surface area contributed by atoms with Crippen molar-refractivity contribution in [2.75, 3.05) is 20.8 Å². The minimum atomic E-state index is -0.499. The van der Waals surface area contributed by atoms with Crippen molar-refractivity contribution in [1.29, 1.82) is 0 Å². The number of ether oxygens (including phenoxy) is 3. The lowest BCUT2D eigenvalue weighted by molar-refractivity contribution is 0.0200. The second-order valence-corrected chi connectivity index (χ2v) is 10.2. The molecule has 0 aliphatic carbocycles. The summed E-state index contributed by atoms with van der Waals surface area (Å²) < 4.78 is 18.8. The summed E-state index contributed by atoms with van der Waals surface area (Å²) in [7, 11) is 3.32. The van der Waals surface area contributed by atoms with Gasteiger partial charge in [-0.15, -0.1) is 0 Å². The van der Waals surface area contributed by atoms with E-state index in [0.717, 1.165) is 53.4 Å². The molecule has 7 heteroatoms. The van der Waals surface area contributed by atoms with E-state index in [0.29, 0.717) is 19.6 Å². The second-order valence-electron chi connectivity index (χ2n) is 10.2. The molecule has 7 nitrogen and oxygen atoms in total. The first-order chi connectivity index (χ1) is 17.2. The minimum absolute atomic E-state index is 0.258. The highest BCUT2D eigenvalue weighted by molar-refractivity contribution is 6.03. The van der Waals surface area contributed by atoms with Crippen molar-refractivity contribution in [1.82, 2.24) is 9.47 Å². The van der Waals surface area contributed by atoms with Crippen molar-refractivity contribution < 1.29 is 19.0 Å². The van der Waals surface area contributed by atoms with Gasteiger partial charge in [-0.1, -0.05) is 19.4 Å². The number of aliphatic imine (C=N–C) groups is 1. The molecule has 0 N–H and O–H groups in total. The van der Waals surface area contributed by atoms with E-state index in [1.165, 1.54) is 10.9 Å². The van der Waals surface area contributed by atoms with Gasteiger partial charge in [0, 0.05) is 47.0 Å². The van der Waals surface area contributed by atoms with Crippen LogP contribution in [-0.2, 0) is 24.4 Å². The van der Waals surface area contributed by atoms with Crippen molar-refractivity contribution >= 4 is 22.7 Å². The summed E-state index contributed by atoms with van der Waals surface area (Å²) in [6, 6.07) is 14.6. The van der Waals surface area contributed by atoms with Crippen LogP contribution in [0.15, 0.2) is 47.5 Å². The third kappa shape index (κ3) is 5.66. The van der Waals surface area contributed by atoms with Gasteiger partial charge in [0.25, 0.3) is 0 Å². The van der Waals surface area contributed by atoms with Gasteiger partial charge in [0.2, 0.25) is 0 Å². The average molecular weight is 492 g/mol. The highest BCUT2D eigenvalue weighted by atomic mass is 16.6. The number of amides is 1. The lowest BCUT2D eigenvalue weighted by Crippen LogP contribution is -2.41. The van der Waals surface area contributed by atoms with E-state index >= 15 is 0 Å². The molecule has 2 aromatic carbocycles. The lowest BCUT2D eigenvalue weighted by atomic mass is 10.0. The maximum absolute atomic E-state index is 12.6. The SMILES string of the molecule is CCCC(=NCc1ccc(OC)cc1OC)c1ccc2c(c1)cc1n2CCN(C(=O)OC(C)(C)C)C1. The zero-order valence-electron chi connectivity index (χ0n) is 22.3. The Hall–Kier alpha value is -3.48. The van der Waals surface area contributed by atoms with Crippen LogP contribution in [0.4, 0.5) is 4.79 Å². The molecule has 1 aliphatic rings. The Labute approximate surface area is 213 Å². The highest BCUT2D eigenvalue weighted by Gasteiger charge is 2.26. The molecule has 4 rings (SSSR count). The van der Waals surface area contributed by atoms with Crippen molar-refractivity contribution in [2.45, 2.75) is 65.8 Å². The number of aromatic nitrogens is 1. The first-order valence-electron chi connectivity index (χ1n) is 12.6. The molecule has 0 radical (unpaired) electrons. The third-order valence-corrected chi connectivity index (χ3v) is 6.34. The first-order valence-corrected chi connectivity index (χ1v) is 12.6. The van der Waals surface area contributed by atoms with Crippen LogP contribution >= 0.6 is 0 Å². The molecule has 0 fully saturated rings. The van der Waals surface area contributed by atoms with Gasteiger partial charge in [-0.25, -0.2) is 4.79 Å². The van der Waals surface area contributed by atoms with E-state index in [9.17, 15) is 4.79 Å². The van der Waals surface area contributed by atoms with Crippen molar-refractivity contribution in [3.05, 3.63) is 59.3 Å². The quantitative estimate of drug-likeness (QED) is 0.369. The summed E-state index contributed by atoms with van der Waals surface area (Å²) in [5.41, 5.74) is 5.04. The van der Waals surface area contributed by atoms with E-state index in [4.69, 9.17) is 19.2 Å². The molecule has 0 spiro atoms. The van der Waals surface area contributed by atoms with Gasteiger partial charge >= 0.3 is 6.09 Å². The zero-order valence-corrected chi connectivity index (χ0v) is 22.3. The molecular formula is C29H37N3O4. The Morgan fingerprint density at radius 3 is 2.53 bits per heavy atom. The van der Waals surface area contributed by atoms with E-state index in [-0.39, 0.29) is 6.09 Å². The lowest BCUT2D eigenvalue weighted by Gasteiger charge is -2.31. The van der Waals surface area contributed by atoms with Crippen LogP contribution in [0.5, 0.6) is 11.5 Å². The molecule has 0 saturated heterocycles. The van der Waals surface area contributed by atoms with E-state index in [1.54, 1.807) is 19.1 Å². The molecule has 2 heterocycles. The Morgan fingerprint density at radius 2 is 1.83 bits per heavy atom. The Morgan fingerprint density at radius 1 is 1.03 bits per heavy atom. The highest BCUT2D eigenvalue weighted by Crippen LogP contribution is 2.28. The van der Waals surface area contributed by atoms with Crippen LogP contribution in [0.3, 0.4) is 0 Å². The zero-order chi connectivity index (χ0) is 25.9. The fraction of sp³-hybridized carbons (Fsp3) is 0.448. The molecular weight excluding hydrogens is 454 g/mol. The van der Waals surface area contributed by atoms with Crippen LogP contribution in [0.1, 0.15) is 57.4 Å². The van der Waals surface area contributed by atoms with Gasteiger partial charge in [-0.3, -0.25) is 4.99 Å². The number of carbonyl (C=O) groups is 1. The minimum Gasteiger partial charge on any atom is -0.497 e. The monoisotopic (exact) mass is 491 g/mol. The Bertz CT molecular complexity index is 1270. The Kier molecular flexibility index (Phi) is 7.57. The Balaban J connectivity index is 1.58. The van der Waals surface area contributed by atoms with Gasteiger partial charge in [-0.05, 0) is 63.1 Å². The summed E-state index contributed by atoms with van der Waals surface area (Å²) in [4.78, 5) is 19.4. The van der Waals surface area contributed by atoms with E-state index in [2.05, 4.69) is 35.8 Å². The number of hydrogen-bond donors (Lipinski definition) is 0. The van der Waals surface area contributed by atoms with Crippen molar-refractivity contribution in [3.63, 3.8) is 0 Å². The average Bonchev–Trinajstić information content (AvgIpc) is 3.22. The summed E-state index contributed by atoms with van der Waals surface area (Å²) in [5, 5.41) is 1.17. The van der Waals surface area contributed by atoms with Crippen LogP contribution in [0.25, 0.3) is 10.9 Å². The van der Waals surface area contributed by atoms with Crippen LogP contribution in [-0.4, -0.2) is 47.6 Å². The maximum Gasteiger partial charge on any atom is 0.410 e. The number of rotatable bonds is 7. The number of nitrogens with zero attached hydrogens (tertiary/aromatic N) is 3. The molecule has 36 heavy (non-hydrogen) atoms. The van der Waals surface area contributed by atoms with Crippen LogP contribution in [0.2, 0.25) is 0 Å². The summed E-state index contributed by atoms with van der Waals surface area (Å²) in [5.74, 6) is 1.54. The summed E-state index contributed by atoms with van der Waals surface area (Å²) in [6.07, 6.45) is 1.64. The molecule has 0 saturated carbocycles. The predicted molar refractivity (Wildman–Crippen MR) is 143 cm³/mol. The molecule has 3 aromatic rings. The molecule has 192 valence electrons. The van der Waals surface area contributed by atoms with Crippen molar-refractivity contribution in [2.24, 2.45) is 4.99 Å². The van der Waals surface area contributed by atoms with Crippen LogP contribution in [0, 0.1) is 0 Å². The van der Waals surface area contributed by atoms with Crippen molar-refractivity contribution in [3.8, 4) is 11.5 Å². The topological polar surface area (TPSA) is 65.3 Å². The van der Waals surface area contributed by atoms with Gasteiger partial charge in [0.05, 0.1) is 27.3 Å². The second kappa shape index (κ2) is 10.6. The number of benzene rings is 2.